The second kappa shape index (κ2) is 6.66. The molecule has 0 saturated heterocycles. The fraction of sp³-hybridized carbons (Fsp3) is 0.583. The van der Waals surface area contributed by atoms with Crippen LogP contribution in [0.1, 0.15) is 31.4 Å². The van der Waals surface area contributed by atoms with E-state index in [9.17, 15) is 4.79 Å². The van der Waals surface area contributed by atoms with Crippen molar-refractivity contribution in [2.75, 3.05) is 6.61 Å². The van der Waals surface area contributed by atoms with Crippen LogP contribution in [0, 0.1) is 6.92 Å². The molecule has 1 aromatic rings. The van der Waals surface area contributed by atoms with Crippen LogP contribution in [-0.2, 0) is 16.1 Å². The molecule has 0 spiro atoms. The first kappa shape index (κ1) is 13.2. The number of carbonyl (C=O) groups excluding carboxylic acids is 1. The van der Waals surface area contributed by atoms with Gasteiger partial charge in [-0.05, 0) is 42.7 Å². The monoisotopic (exact) mass is 241 g/mol. The Morgan fingerprint density at radius 1 is 1.56 bits per heavy atom. The molecule has 1 heterocycles. The Balaban J connectivity index is 2.27. The topological polar surface area (TPSA) is 38.3 Å². The summed E-state index contributed by atoms with van der Waals surface area (Å²) >= 11 is 1.71. The number of carbonyl (C=O) groups is 1. The average Bonchev–Trinajstić information content (AvgIpc) is 2.61. The first-order valence-corrected chi connectivity index (χ1v) is 6.48. The first-order chi connectivity index (χ1) is 7.63. The third-order valence-corrected chi connectivity index (χ3v) is 3.29. The Bertz CT molecular complexity index is 336. The van der Waals surface area contributed by atoms with Crippen LogP contribution in [0.2, 0.25) is 0 Å². The molecule has 1 N–H and O–H groups in total. The van der Waals surface area contributed by atoms with E-state index >= 15 is 0 Å². The number of thiophene rings is 1. The van der Waals surface area contributed by atoms with Crippen LogP contribution in [0.4, 0.5) is 0 Å². The number of nitrogens with one attached hydrogen (secondary N) is 1. The van der Waals surface area contributed by atoms with Crippen molar-refractivity contribution in [3.05, 3.63) is 21.9 Å². The predicted octanol–water partition coefficient (Wildman–Crippen LogP) is 2.49. The molecule has 0 aliphatic heterocycles. The van der Waals surface area contributed by atoms with Crippen molar-refractivity contribution in [2.45, 2.75) is 39.8 Å². The molecule has 0 bridgehead atoms. The summed E-state index contributed by atoms with van der Waals surface area (Å²) in [5.41, 5.74) is 2.61. The highest BCUT2D eigenvalue weighted by Crippen LogP contribution is 2.13. The van der Waals surface area contributed by atoms with Gasteiger partial charge < -0.3 is 10.1 Å². The molecule has 16 heavy (non-hydrogen) atoms. The molecule has 1 atom stereocenters. The molecule has 90 valence electrons. The van der Waals surface area contributed by atoms with E-state index in [0.717, 1.165) is 6.54 Å². The fourth-order valence-electron chi connectivity index (χ4n) is 1.39. The van der Waals surface area contributed by atoms with Crippen LogP contribution in [0.15, 0.2) is 10.8 Å². The lowest BCUT2D eigenvalue weighted by Gasteiger charge is -2.12. The van der Waals surface area contributed by atoms with Gasteiger partial charge in [-0.1, -0.05) is 0 Å². The maximum absolute atomic E-state index is 11.2. The highest BCUT2D eigenvalue weighted by Gasteiger charge is 2.09. The van der Waals surface area contributed by atoms with Gasteiger partial charge in [-0.2, -0.15) is 11.3 Å². The van der Waals surface area contributed by atoms with Crippen molar-refractivity contribution in [3.8, 4) is 0 Å². The number of aryl methyl sites for hydroxylation is 1. The van der Waals surface area contributed by atoms with Crippen molar-refractivity contribution < 1.29 is 9.53 Å². The minimum Gasteiger partial charge on any atom is -0.466 e. The Kier molecular flexibility index (Phi) is 5.49. The Labute approximate surface area is 101 Å². The molecule has 0 aliphatic carbocycles. The van der Waals surface area contributed by atoms with Gasteiger partial charge in [0.05, 0.1) is 13.0 Å². The van der Waals surface area contributed by atoms with E-state index in [-0.39, 0.29) is 12.0 Å². The quantitative estimate of drug-likeness (QED) is 0.778. The van der Waals surface area contributed by atoms with Crippen LogP contribution >= 0.6 is 11.3 Å². The van der Waals surface area contributed by atoms with Gasteiger partial charge in [0.15, 0.2) is 0 Å². The maximum Gasteiger partial charge on any atom is 0.307 e. The van der Waals surface area contributed by atoms with Crippen LogP contribution < -0.4 is 5.32 Å². The summed E-state index contributed by atoms with van der Waals surface area (Å²) in [6, 6.07) is 0.151. The van der Waals surface area contributed by atoms with E-state index in [4.69, 9.17) is 4.74 Å². The smallest absolute Gasteiger partial charge is 0.307 e. The van der Waals surface area contributed by atoms with E-state index in [1.54, 1.807) is 11.3 Å². The Hall–Kier alpha value is -0.870. The van der Waals surface area contributed by atoms with E-state index in [1.807, 2.05) is 13.8 Å². The molecule has 1 unspecified atom stereocenters. The summed E-state index contributed by atoms with van der Waals surface area (Å²) < 4.78 is 4.90. The zero-order chi connectivity index (χ0) is 12.0. The lowest BCUT2D eigenvalue weighted by Crippen LogP contribution is -2.28. The van der Waals surface area contributed by atoms with Crippen LogP contribution in [-0.4, -0.2) is 18.6 Å². The van der Waals surface area contributed by atoms with E-state index in [1.165, 1.54) is 11.1 Å². The van der Waals surface area contributed by atoms with Gasteiger partial charge in [0.2, 0.25) is 0 Å². The molecule has 0 aliphatic rings. The van der Waals surface area contributed by atoms with E-state index in [2.05, 4.69) is 23.0 Å². The van der Waals surface area contributed by atoms with Gasteiger partial charge in [-0.25, -0.2) is 0 Å². The zero-order valence-electron chi connectivity index (χ0n) is 10.1. The van der Waals surface area contributed by atoms with E-state index < -0.39 is 0 Å². The molecule has 1 rings (SSSR count). The fourth-order valence-corrected chi connectivity index (χ4v) is 2.25. The number of ether oxygens (including phenoxy) is 1. The third-order valence-electron chi connectivity index (χ3n) is 2.38. The zero-order valence-corrected chi connectivity index (χ0v) is 10.9. The second-order valence-corrected chi connectivity index (χ2v) is 4.61. The molecule has 0 fully saturated rings. The van der Waals surface area contributed by atoms with Crippen molar-refractivity contribution in [1.29, 1.82) is 0 Å². The summed E-state index contributed by atoms with van der Waals surface area (Å²) in [4.78, 5) is 11.2. The molecule has 1 aromatic heterocycles. The summed E-state index contributed by atoms with van der Waals surface area (Å²) in [5, 5.41) is 7.59. The summed E-state index contributed by atoms with van der Waals surface area (Å²) in [6.45, 7) is 7.19. The van der Waals surface area contributed by atoms with Gasteiger partial charge >= 0.3 is 5.97 Å². The number of hydrogen-bond donors (Lipinski definition) is 1. The summed E-state index contributed by atoms with van der Waals surface area (Å²) in [6.07, 6.45) is 0.428. The van der Waals surface area contributed by atoms with Crippen molar-refractivity contribution in [2.24, 2.45) is 0 Å². The van der Waals surface area contributed by atoms with Gasteiger partial charge in [0.25, 0.3) is 0 Å². The molecule has 4 heteroatoms. The molecule has 0 amide bonds. The molecule has 3 nitrogen and oxygen atoms in total. The number of rotatable bonds is 6. The highest BCUT2D eigenvalue weighted by molar-refractivity contribution is 7.08. The van der Waals surface area contributed by atoms with Crippen LogP contribution in [0.5, 0.6) is 0 Å². The minimum atomic E-state index is -0.135. The van der Waals surface area contributed by atoms with Gasteiger partial charge in [-0.3, -0.25) is 4.79 Å². The van der Waals surface area contributed by atoms with Crippen LogP contribution in [0.25, 0.3) is 0 Å². The Morgan fingerprint density at radius 2 is 2.31 bits per heavy atom. The summed E-state index contributed by atoms with van der Waals surface area (Å²) in [7, 11) is 0. The van der Waals surface area contributed by atoms with Crippen LogP contribution in [0.3, 0.4) is 0 Å². The Morgan fingerprint density at radius 3 is 2.88 bits per heavy atom. The molecule has 0 aromatic carbocycles. The van der Waals surface area contributed by atoms with Crippen molar-refractivity contribution in [3.63, 3.8) is 0 Å². The highest BCUT2D eigenvalue weighted by atomic mass is 32.1. The predicted molar refractivity (Wildman–Crippen MR) is 66.6 cm³/mol. The van der Waals surface area contributed by atoms with Gasteiger partial charge in [0.1, 0.15) is 0 Å². The molecular formula is C12H19NO2S. The lowest BCUT2D eigenvalue weighted by molar-refractivity contribution is -0.143. The molecule has 0 radical (unpaired) electrons. The van der Waals surface area contributed by atoms with Crippen molar-refractivity contribution >= 4 is 17.3 Å². The normalized spacial score (nSPS) is 12.4. The molecule has 0 saturated carbocycles. The SMILES string of the molecule is CCOC(=O)CC(C)NCc1cscc1C. The third kappa shape index (κ3) is 4.33. The summed E-state index contributed by atoms with van der Waals surface area (Å²) in [5.74, 6) is -0.135. The lowest BCUT2D eigenvalue weighted by atomic mass is 10.2. The molecular weight excluding hydrogens is 222 g/mol. The average molecular weight is 241 g/mol. The minimum absolute atomic E-state index is 0.135. The first-order valence-electron chi connectivity index (χ1n) is 5.54. The van der Waals surface area contributed by atoms with Gasteiger partial charge in [-0.15, -0.1) is 0 Å². The second-order valence-electron chi connectivity index (χ2n) is 3.87. The van der Waals surface area contributed by atoms with Gasteiger partial charge in [0, 0.05) is 12.6 Å². The number of esters is 1. The maximum atomic E-state index is 11.2. The number of hydrogen-bond acceptors (Lipinski definition) is 4. The van der Waals surface area contributed by atoms with Crippen molar-refractivity contribution in [1.82, 2.24) is 5.32 Å². The largest absolute Gasteiger partial charge is 0.466 e. The van der Waals surface area contributed by atoms with E-state index in [0.29, 0.717) is 13.0 Å². The standard InChI is InChI=1S/C12H19NO2S/c1-4-15-12(14)5-10(3)13-6-11-8-16-7-9(11)2/h7-8,10,13H,4-6H2,1-3H3.